The van der Waals surface area contributed by atoms with Gasteiger partial charge in [0.25, 0.3) is 0 Å². The van der Waals surface area contributed by atoms with E-state index in [4.69, 9.17) is 9.47 Å². The van der Waals surface area contributed by atoms with Gasteiger partial charge in [-0.25, -0.2) is 4.79 Å². The molecule has 26 heavy (non-hydrogen) atoms. The average Bonchev–Trinajstić information content (AvgIpc) is 2.65. The van der Waals surface area contributed by atoms with Crippen LogP contribution in [0.2, 0.25) is 0 Å². The van der Waals surface area contributed by atoms with E-state index >= 15 is 0 Å². The van der Waals surface area contributed by atoms with Crippen LogP contribution in [0.1, 0.15) is 13.8 Å². The Balaban J connectivity index is 1.76. The minimum absolute atomic E-state index is 0.0781. The van der Waals surface area contributed by atoms with E-state index in [1.807, 2.05) is 0 Å². The normalized spacial score (nSPS) is 18.5. The van der Waals surface area contributed by atoms with Gasteiger partial charge in [-0.15, -0.1) is 0 Å². The average molecular weight is 370 g/mol. The number of rotatable bonds is 6. The molecule has 0 aromatic rings. The molecule has 0 unspecified atom stereocenters. The number of carbonyl (C=O) groups excluding carboxylic acids is 3. The van der Waals surface area contributed by atoms with E-state index in [0.29, 0.717) is 52.5 Å². The lowest BCUT2D eigenvalue weighted by Gasteiger charge is -2.35. The van der Waals surface area contributed by atoms with Crippen molar-refractivity contribution in [2.45, 2.75) is 13.8 Å². The highest BCUT2D eigenvalue weighted by molar-refractivity contribution is 5.84. The third-order valence-electron chi connectivity index (χ3n) is 4.72. The predicted molar refractivity (Wildman–Crippen MR) is 94.7 cm³/mol. The highest BCUT2D eigenvalue weighted by atomic mass is 16.6. The van der Waals surface area contributed by atoms with Gasteiger partial charge in [0.1, 0.15) is 0 Å². The Bertz CT molecular complexity index is 488. The summed E-state index contributed by atoms with van der Waals surface area (Å²) >= 11 is 0. The predicted octanol–water partition coefficient (Wildman–Crippen LogP) is -0.532. The van der Waals surface area contributed by atoms with Crippen LogP contribution in [0.4, 0.5) is 4.79 Å². The Morgan fingerprint density at radius 1 is 1.00 bits per heavy atom. The fraction of sp³-hybridized carbons (Fsp3) is 0.824. The fourth-order valence-corrected chi connectivity index (χ4v) is 3.05. The van der Waals surface area contributed by atoms with Crippen LogP contribution in [0.3, 0.4) is 0 Å². The van der Waals surface area contributed by atoms with Crippen LogP contribution in [0, 0.1) is 0 Å². The van der Waals surface area contributed by atoms with E-state index < -0.39 is 0 Å². The lowest BCUT2D eigenvalue weighted by molar-refractivity contribution is -0.140. The number of hydrogen-bond acceptors (Lipinski definition) is 6. The number of piperazine rings is 1. The van der Waals surface area contributed by atoms with Crippen molar-refractivity contribution in [3.63, 3.8) is 0 Å². The van der Waals surface area contributed by atoms with Crippen molar-refractivity contribution in [3.05, 3.63) is 0 Å². The summed E-state index contributed by atoms with van der Waals surface area (Å²) in [5, 5.41) is 0. The van der Waals surface area contributed by atoms with Gasteiger partial charge in [0.2, 0.25) is 11.8 Å². The molecule has 0 aromatic heterocycles. The lowest BCUT2D eigenvalue weighted by atomic mass is 10.3. The zero-order valence-corrected chi connectivity index (χ0v) is 15.8. The molecule has 9 nitrogen and oxygen atoms in total. The van der Waals surface area contributed by atoms with Crippen LogP contribution < -0.4 is 0 Å². The maximum Gasteiger partial charge on any atom is 0.409 e. The molecule has 148 valence electrons. The van der Waals surface area contributed by atoms with Crippen molar-refractivity contribution in [1.82, 2.24) is 19.6 Å². The molecule has 9 heteroatoms. The topological polar surface area (TPSA) is 82.6 Å². The number of morpholine rings is 1. The lowest BCUT2D eigenvalue weighted by Crippen LogP contribution is -2.53. The highest BCUT2D eigenvalue weighted by Gasteiger charge is 2.26. The van der Waals surface area contributed by atoms with Crippen molar-refractivity contribution in [1.29, 1.82) is 0 Å². The molecule has 2 aliphatic heterocycles. The largest absolute Gasteiger partial charge is 0.450 e. The van der Waals surface area contributed by atoms with E-state index in [1.165, 1.54) is 6.92 Å². The molecule has 0 spiro atoms. The van der Waals surface area contributed by atoms with Gasteiger partial charge in [0.05, 0.1) is 26.4 Å². The van der Waals surface area contributed by atoms with Crippen molar-refractivity contribution in [2.75, 3.05) is 78.7 Å². The summed E-state index contributed by atoms with van der Waals surface area (Å²) in [5.74, 6) is -0.178. The quantitative estimate of drug-likeness (QED) is 0.625. The van der Waals surface area contributed by atoms with Crippen LogP contribution in [0.5, 0.6) is 0 Å². The molecule has 0 aromatic carbocycles. The minimum atomic E-state index is -0.338. The molecule has 0 bridgehead atoms. The van der Waals surface area contributed by atoms with Gasteiger partial charge in [0, 0.05) is 59.3 Å². The first-order chi connectivity index (χ1) is 12.5. The van der Waals surface area contributed by atoms with Gasteiger partial charge in [-0.2, -0.15) is 0 Å². The van der Waals surface area contributed by atoms with Gasteiger partial charge in [-0.3, -0.25) is 14.5 Å². The Morgan fingerprint density at radius 2 is 1.62 bits per heavy atom. The van der Waals surface area contributed by atoms with E-state index in [2.05, 4.69) is 4.90 Å². The van der Waals surface area contributed by atoms with Crippen LogP contribution in [0.15, 0.2) is 0 Å². The zero-order chi connectivity index (χ0) is 18.9. The molecular weight excluding hydrogens is 340 g/mol. The molecule has 2 fully saturated rings. The zero-order valence-electron chi connectivity index (χ0n) is 15.8. The van der Waals surface area contributed by atoms with Crippen LogP contribution >= 0.6 is 0 Å². The Morgan fingerprint density at radius 3 is 2.19 bits per heavy atom. The Hall–Kier alpha value is -1.87. The van der Waals surface area contributed by atoms with Gasteiger partial charge < -0.3 is 24.2 Å². The van der Waals surface area contributed by atoms with Crippen molar-refractivity contribution >= 4 is 17.9 Å². The van der Waals surface area contributed by atoms with Gasteiger partial charge in [-0.05, 0) is 6.92 Å². The van der Waals surface area contributed by atoms with Crippen LogP contribution in [0.25, 0.3) is 0 Å². The van der Waals surface area contributed by atoms with E-state index in [9.17, 15) is 14.4 Å². The molecule has 0 saturated carbocycles. The molecule has 0 N–H and O–H groups in total. The SMILES string of the molecule is CCOC(=O)N1CCN(C(=O)CN(CCN2CCOCC2)C(C)=O)CC1. The van der Waals surface area contributed by atoms with E-state index in [-0.39, 0.29) is 24.5 Å². The van der Waals surface area contributed by atoms with Gasteiger partial charge >= 0.3 is 6.09 Å². The maximum atomic E-state index is 12.5. The third-order valence-corrected chi connectivity index (χ3v) is 4.72. The molecule has 3 amide bonds. The molecule has 2 heterocycles. The molecule has 0 aliphatic carbocycles. The number of ether oxygens (including phenoxy) is 2. The molecule has 0 atom stereocenters. The standard InChI is InChI=1S/C17H30N4O5/c1-3-26-17(24)20-8-6-19(7-9-20)16(23)14-21(15(2)22)5-4-18-10-12-25-13-11-18/h3-14H2,1-2H3. The first-order valence-corrected chi connectivity index (χ1v) is 9.26. The molecule has 2 rings (SSSR count). The van der Waals surface area contributed by atoms with Gasteiger partial charge in [0.15, 0.2) is 0 Å². The number of nitrogens with zero attached hydrogens (tertiary/aromatic N) is 4. The smallest absolute Gasteiger partial charge is 0.409 e. The summed E-state index contributed by atoms with van der Waals surface area (Å²) in [5.41, 5.74) is 0. The second-order valence-corrected chi connectivity index (χ2v) is 6.46. The number of amides is 3. The van der Waals surface area contributed by atoms with Crippen molar-refractivity contribution in [3.8, 4) is 0 Å². The second-order valence-electron chi connectivity index (χ2n) is 6.46. The second kappa shape index (κ2) is 10.3. The Kier molecular flexibility index (Phi) is 8.11. The van der Waals surface area contributed by atoms with E-state index in [0.717, 1.165) is 19.6 Å². The molecule has 2 aliphatic rings. The molecular formula is C17H30N4O5. The number of hydrogen-bond donors (Lipinski definition) is 0. The minimum Gasteiger partial charge on any atom is -0.450 e. The highest BCUT2D eigenvalue weighted by Crippen LogP contribution is 2.06. The summed E-state index contributed by atoms with van der Waals surface area (Å²) < 4.78 is 10.3. The van der Waals surface area contributed by atoms with E-state index in [1.54, 1.807) is 21.6 Å². The van der Waals surface area contributed by atoms with Crippen molar-refractivity contribution < 1.29 is 23.9 Å². The molecule has 0 radical (unpaired) electrons. The third kappa shape index (κ3) is 6.14. The number of carbonyl (C=O) groups is 3. The first-order valence-electron chi connectivity index (χ1n) is 9.26. The summed E-state index contributed by atoms with van der Waals surface area (Å²) in [7, 11) is 0. The summed E-state index contributed by atoms with van der Waals surface area (Å²) in [6.45, 7) is 9.94. The molecule has 2 saturated heterocycles. The first kappa shape index (κ1) is 20.4. The fourth-order valence-electron chi connectivity index (χ4n) is 3.05. The maximum absolute atomic E-state index is 12.5. The summed E-state index contributed by atoms with van der Waals surface area (Å²) in [4.78, 5) is 43.3. The van der Waals surface area contributed by atoms with Gasteiger partial charge in [-0.1, -0.05) is 0 Å². The Labute approximate surface area is 154 Å². The van der Waals surface area contributed by atoms with Crippen LogP contribution in [-0.4, -0.2) is 116 Å². The summed E-state index contributed by atoms with van der Waals surface area (Å²) in [6, 6.07) is 0. The van der Waals surface area contributed by atoms with Crippen LogP contribution in [-0.2, 0) is 19.1 Å². The monoisotopic (exact) mass is 370 g/mol. The summed E-state index contributed by atoms with van der Waals surface area (Å²) in [6.07, 6.45) is -0.338. The van der Waals surface area contributed by atoms with Crippen molar-refractivity contribution in [2.24, 2.45) is 0 Å².